The van der Waals surface area contributed by atoms with Gasteiger partial charge in [0.1, 0.15) is 0 Å². The van der Waals surface area contributed by atoms with Crippen molar-refractivity contribution >= 4 is 32.2 Å². The molecule has 0 aliphatic heterocycles. The molecule has 1 aromatic rings. The van der Waals surface area contributed by atoms with Gasteiger partial charge >= 0.3 is 0 Å². The third-order valence-electron chi connectivity index (χ3n) is 2.61. The van der Waals surface area contributed by atoms with Crippen molar-refractivity contribution in [3.8, 4) is 0 Å². The van der Waals surface area contributed by atoms with Crippen molar-refractivity contribution in [3.63, 3.8) is 0 Å². The summed E-state index contributed by atoms with van der Waals surface area (Å²) >= 11 is 0. The van der Waals surface area contributed by atoms with Gasteiger partial charge in [-0.2, -0.15) is 0 Å². The Morgan fingerprint density at radius 2 is 2.00 bits per heavy atom. The first-order valence-electron chi connectivity index (χ1n) is 5.68. The average molecular weight is 305 g/mol. The molecule has 5 N–H and O–H groups in total. The molecule has 0 radical (unpaired) electrons. The minimum absolute atomic E-state index is 0.0223. The molecule has 0 aromatic heterocycles. The number of benzene rings is 1. The van der Waals surface area contributed by atoms with E-state index in [0.717, 1.165) is 6.42 Å². The average Bonchev–Trinajstić information content (AvgIpc) is 2.26. The van der Waals surface area contributed by atoms with E-state index in [0.29, 0.717) is 29.2 Å². The van der Waals surface area contributed by atoms with Gasteiger partial charge in [0.05, 0.1) is 4.90 Å². The predicted octanol–water partition coefficient (Wildman–Crippen LogP) is 0.405. The van der Waals surface area contributed by atoms with E-state index >= 15 is 0 Å². The van der Waals surface area contributed by atoms with Crippen molar-refractivity contribution in [3.05, 3.63) is 17.7 Å². The lowest BCUT2D eigenvalue weighted by atomic mass is 10.2. The molecule has 19 heavy (non-hydrogen) atoms. The SMILES string of the molecule is Cc1c(NCCCS(C)=O)cc(N)cc1S(N)(=O)=O. The topological polar surface area (TPSA) is 115 Å². The summed E-state index contributed by atoms with van der Waals surface area (Å²) in [5.41, 5.74) is 7.17. The van der Waals surface area contributed by atoms with Crippen LogP contribution in [0.2, 0.25) is 0 Å². The van der Waals surface area contributed by atoms with Gasteiger partial charge in [0.2, 0.25) is 10.0 Å². The van der Waals surface area contributed by atoms with Crippen molar-refractivity contribution in [1.29, 1.82) is 0 Å². The van der Waals surface area contributed by atoms with Crippen LogP contribution >= 0.6 is 0 Å². The molecule has 6 nitrogen and oxygen atoms in total. The van der Waals surface area contributed by atoms with Crippen molar-refractivity contribution in [1.82, 2.24) is 0 Å². The molecule has 0 spiro atoms. The highest BCUT2D eigenvalue weighted by molar-refractivity contribution is 7.89. The second-order valence-corrected chi connectivity index (χ2v) is 7.38. The van der Waals surface area contributed by atoms with Crippen LogP contribution in [-0.4, -0.2) is 31.2 Å². The number of hydrogen-bond acceptors (Lipinski definition) is 5. The van der Waals surface area contributed by atoms with Gasteiger partial charge < -0.3 is 11.1 Å². The summed E-state index contributed by atoms with van der Waals surface area (Å²) in [6, 6.07) is 3.00. The van der Waals surface area contributed by atoms with Crippen molar-refractivity contribution in [2.75, 3.05) is 29.6 Å². The van der Waals surface area contributed by atoms with Gasteiger partial charge in [-0.25, -0.2) is 13.6 Å². The Bertz CT molecular complexity index is 585. The minimum Gasteiger partial charge on any atom is -0.399 e. The summed E-state index contributed by atoms with van der Waals surface area (Å²) in [5.74, 6) is 0.594. The third kappa shape index (κ3) is 4.81. The molecular formula is C11H19N3O3S2. The zero-order valence-electron chi connectivity index (χ0n) is 11.0. The Morgan fingerprint density at radius 3 is 2.53 bits per heavy atom. The first-order valence-corrected chi connectivity index (χ1v) is 8.96. The number of primary sulfonamides is 1. The number of rotatable bonds is 6. The molecule has 1 aromatic carbocycles. The Kier molecular flexibility index (Phi) is 5.33. The Labute approximate surface area is 116 Å². The summed E-state index contributed by atoms with van der Waals surface area (Å²) in [4.78, 5) is 0.0223. The normalized spacial score (nSPS) is 13.2. The smallest absolute Gasteiger partial charge is 0.238 e. The Morgan fingerprint density at radius 1 is 1.37 bits per heavy atom. The van der Waals surface area contributed by atoms with Gasteiger partial charge in [-0.05, 0) is 31.0 Å². The molecule has 1 unspecified atom stereocenters. The zero-order chi connectivity index (χ0) is 14.6. The molecule has 0 saturated heterocycles. The van der Waals surface area contributed by atoms with Crippen LogP contribution in [0.3, 0.4) is 0 Å². The van der Waals surface area contributed by atoms with Gasteiger partial charge in [0.25, 0.3) is 0 Å². The quantitative estimate of drug-likeness (QED) is 0.520. The van der Waals surface area contributed by atoms with Crippen LogP contribution < -0.4 is 16.2 Å². The molecule has 0 saturated carbocycles. The lowest BCUT2D eigenvalue weighted by Crippen LogP contribution is -2.16. The van der Waals surface area contributed by atoms with Crippen molar-refractivity contribution in [2.24, 2.45) is 5.14 Å². The monoisotopic (exact) mass is 305 g/mol. The van der Waals surface area contributed by atoms with E-state index < -0.39 is 20.8 Å². The standard InChI is InChI=1S/C11H19N3O3S2/c1-8-10(14-4-3-5-18(2)15)6-9(12)7-11(8)19(13,16)17/h6-7,14H,3-5,12H2,1-2H3,(H2,13,16,17). The van der Waals surface area contributed by atoms with E-state index in [4.69, 9.17) is 10.9 Å². The fourth-order valence-corrected chi connectivity index (χ4v) is 3.07. The van der Waals surface area contributed by atoms with Crippen molar-refractivity contribution in [2.45, 2.75) is 18.2 Å². The summed E-state index contributed by atoms with van der Waals surface area (Å²) in [6.45, 7) is 2.26. The first kappa shape index (κ1) is 15.9. The second-order valence-electron chi connectivity index (χ2n) is 4.29. The number of nitrogens with one attached hydrogen (secondary N) is 1. The molecule has 108 valence electrons. The molecule has 8 heteroatoms. The summed E-state index contributed by atoms with van der Waals surface area (Å²) in [6.07, 6.45) is 2.37. The number of nitrogen functional groups attached to an aromatic ring is 1. The van der Waals surface area contributed by atoms with E-state index in [1.165, 1.54) is 6.07 Å². The molecule has 1 atom stereocenters. The zero-order valence-corrected chi connectivity index (χ0v) is 12.6. The Hall–Kier alpha value is -1.12. The maximum atomic E-state index is 11.4. The molecular weight excluding hydrogens is 286 g/mol. The highest BCUT2D eigenvalue weighted by atomic mass is 32.2. The van der Waals surface area contributed by atoms with E-state index in [9.17, 15) is 12.6 Å². The number of hydrogen-bond donors (Lipinski definition) is 3. The van der Waals surface area contributed by atoms with Crippen molar-refractivity contribution < 1.29 is 12.6 Å². The predicted molar refractivity (Wildman–Crippen MR) is 79.0 cm³/mol. The van der Waals surface area contributed by atoms with Gasteiger partial charge in [-0.15, -0.1) is 0 Å². The van der Waals surface area contributed by atoms with E-state index in [-0.39, 0.29) is 4.90 Å². The van der Waals surface area contributed by atoms with Crippen LogP contribution in [0, 0.1) is 6.92 Å². The Balaban J connectivity index is 2.90. The first-order chi connectivity index (χ1) is 8.71. The van der Waals surface area contributed by atoms with Crippen LogP contribution in [0.4, 0.5) is 11.4 Å². The van der Waals surface area contributed by atoms with Crippen LogP contribution in [-0.2, 0) is 20.8 Å². The van der Waals surface area contributed by atoms with Gasteiger partial charge in [0, 0.05) is 40.7 Å². The maximum absolute atomic E-state index is 11.4. The fourth-order valence-electron chi connectivity index (χ4n) is 1.69. The van der Waals surface area contributed by atoms with Crippen LogP contribution in [0.25, 0.3) is 0 Å². The number of nitrogens with two attached hydrogens (primary N) is 2. The van der Waals surface area contributed by atoms with E-state index in [2.05, 4.69) is 5.32 Å². The summed E-state index contributed by atoms with van der Waals surface area (Å²) < 4.78 is 33.8. The molecule has 0 aliphatic carbocycles. The molecule has 0 bridgehead atoms. The van der Waals surface area contributed by atoms with Gasteiger partial charge in [-0.3, -0.25) is 4.21 Å². The largest absolute Gasteiger partial charge is 0.399 e. The van der Waals surface area contributed by atoms with E-state index in [1.54, 1.807) is 19.2 Å². The minimum atomic E-state index is -3.79. The molecule has 0 amide bonds. The van der Waals surface area contributed by atoms with Crippen LogP contribution in [0.5, 0.6) is 0 Å². The van der Waals surface area contributed by atoms with Crippen LogP contribution in [0.1, 0.15) is 12.0 Å². The third-order valence-corrected chi connectivity index (χ3v) is 4.51. The van der Waals surface area contributed by atoms with Gasteiger partial charge in [0.15, 0.2) is 0 Å². The molecule has 1 rings (SSSR count). The molecule has 0 fully saturated rings. The summed E-state index contributed by atoms with van der Waals surface area (Å²) in [7, 11) is -4.62. The highest BCUT2D eigenvalue weighted by Crippen LogP contribution is 2.25. The van der Waals surface area contributed by atoms with Crippen LogP contribution in [0.15, 0.2) is 17.0 Å². The van der Waals surface area contributed by atoms with E-state index in [1.807, 2.05) is 0 Å². The fraction of sp³-hybridized carbons (Fsp3) is 0.455. The number of sulfonamides is 1. The maximum Gasteiger partial charge on any atom is 0.238 e. The van der Waals surface area contributed by atoms with Gasteiger partial charge in [-0.1, -0.05) is 0 Å². The molecule has 0 heterocycles. The molecule has 0 aliphatic rings. The number of anilines is 2. The lowest BCUT2D eigenvalue weighted by molar-refractivity contribution is 0.597. The lowest BCUT2D eigenvalue weighted by Gasteiger charge is -2.13. The summed E-state index contributed by atoms with van der Waals surface area (Å²) in [5, 5.41) is 8.23. The highest BCUT2D eigenvalue weighted by Gasteiger charge is 2.15. The second kappa shape index (κ2) is 6.36.